The van der Waals surface area contributed by atoms with Crippen molar-refractivity contribution in [1.29, 1.82) is 0 Å². The minimum atomic E-state index is -1.81. The summed E-state index contributed by atoms with van der Waals surface area (Å²) in [6.07, 6.45) is 2.18. The van der Waals surface area contributed by atoms with Crippen LogP contribution in [0.25, 0.3) is 0 Å². The third-order valence-corrected chi connectivity index (χ3v) is 8.46. The lowest BCUT2D eigenvalue weighted by Gasteiger charge is -2.50. The van der Waals surface area contributed by atoms with E-state index in [2.05, 4.69) is 19.8 Å². The zero-order chi connectivity index (χ0) is 31.6. The Morgan fingerprint density at radius 3 is 2.65 bits per heavy atom. The number of thioether (sulfide) groups is 1. The van der Waals surface area contributed by atoms with E-state index in [0.717, 1.165) is 22.0 Å². The number of carbonyl (C=O) groups excluding carboxylic acids is 3. The number of aliphatic carboxylic acids is 2. The van der Waals surface area contributed by atoms with Crippen molar-refractivity contribution in [3.8, 4) is 0 Å². The lowest BCUT2D eigenvalue weighted by molar-refractivity contribution is -0.767. The first kappa shape index (κ1) is 31.7. The van der Waals surface area contributed by atoms with E-state index >= 15 is 0 Å². The molecule has 1 fully saturated rings. The molecular formula is C23H30N10O8S2. The number of rotatable bonds is 13. The van der Waals surface area contributed by atoms with Gasteiger partial charge in [0.15, 0.2) is 17.5 Å². The van der Waals surface area contributed by atoms with Crippen molar-refractivity contribution in [1.82, 2.24) is 24.3 Å². The van der Waals surface area contributed by atoms with E-state index in [0.29, 0.717) is 24.4 Å². The number of carbonyl (C=O) groups is 4. The molecule has 2 atom stereocenters. The molecule has 2 aliphatic heterocycles. The fourth-order valence-corrected chi connectivity index (χ4v) is 6.12. The molecule has 2 aliphatic rings. The minimum absolute atomic E-state index is 0.00195. The molecule has 232 valence electrons. The lowest BCUT2D eigenvalue weighted by atomic mass is 10.0. The molecule has 4 heterocycles. The Bertz CT molecular complexity index is 1520. The first-order valence-corrected chi connectivity index (χ1v) is 14.6. The highest BCUT2D eigenvalue weighted by Crippen LogP contribution is 2.40. The van der Waals surface area contributed by atoms with Gasteiger partial charge in [0.2, 0.25) is 23.3 Å². The number of nitrogens with zero attached hydrogens (tertiary/aromatic N) is 6. The van der Waals surface area contributed by atoms with E-state index in [1.165, 1.54) is 25.6 Å². The highest BCUT2D eigenvalue weighted by Gasteiger charge is 2.53. The van der Waals surface area contributed by atoms with Crippen molar-refractivity contribution in [2.45, 2.75) is 50.4 Å². The first-order valence-electron chi connectivity index (χ1n) is 12.8. The van der Waals surface area contributed by atoms with Crippen molar-refractivity contribution in [3.63, 3.8) is 0 Å². The lowest BCUT2D eigenvalue weighted by Crippen LogP contribution is -2.71. The number of carboxylic acids is 2. The molecular weight excluding hydrogens is 608 g/mol. The molecule has 0 unspecified atom stereocenters. The summed E-state index contributed by atoms with van der Waals surface area (Å²) in [7, 11) is 0. The van der Waals surface area contributed by atoms with Gasteiger partial charge >= 0.3 is 5.97 Å². The van der Waals surface area contributed by atoms with Crippen LogP contribution in [0.15, 0.2) is 22.6 Å². The van der Waals surface area contributed by atoms with Crippen LogP contribution in [0.5, 0.6) is 0 Å². The third kappa shape index (κ3) is 6.26. The molecule has 0 spiro atoms. The Hall–Kier alpha value is -4.27. The number of hydrogen-bond acceptors (Lipinski definition) is 15. The monoisotopic (exact) mass is 638 g/mol. The van der Waals surface area contributed by atoms with Gasteiger partial charge in [0, 0.05) is 22.9 Å². The number of aromatic nitrogens is 4. The van der Waals surface area contributed by atoms with Crippen molar-refractivity contribution >= 4 is 63.7 Å². The SMILES string of the molecule is CC(C)(O/N=C(\C(=O)N[C@@H]1C(=O)N2C(C(=O)[O-])=C(C[n+]3cc(CCN)c(N)n3CCO)CS[C@H]12)c1nsc(N)n1)C(=O)O. The number of anilines is 2. The predicted octanol–water partition coefficient (Wildman–Crippen LogP) is -4.03. The topological polar surface area (TPSA) is 281 Å². The van der Waals surface area contributed by atoms with Gasteiger partial charge in [-0.05, 0) is 26.8 Å². The van der Waals surface area contributed by atoms with Crippen LogP contribution in [-0.4, -0.2) is 94.5 Å². The molecule has 9 N–H and O–H groups in total. The van der Waals surface area contributed by atoms with Crippen molar-refractivity contribution in [2.75, 3.05) is 30.4 Å². The van der Waals surface area contributed by atoms with E-state index in [-0.39, 0.29) is 42.1 Å². The van der Waals surface area contributed by atoms with Crippen molar-refractivity contribution < 1.29 is 44.0 Å². The molecule has 20 heteroatoms. The number of oxime groups is 1. The third-order valence-electron chi connectivity index (χ3n) is 6.58. The summed E-state index contributed by atoms with van der Waals surface area (Å²) in [5.74, 6) is -4.35. The van der Waals surface area contributed by atoms with Crippen molar-refractivity contribution in [2.24, 2.45) is 10.9 Å². The number of nitrogens with two attached hydrogens (primary N) is 3. The number of aliphatic hydroxyl groups excluding tert-OH is 1. The standard InChI is InChI=1S/C23H30N10O8S2/c1-23(2,21(39)40)41-29-12(16-28-22(26)43-30-16)17(35)27-13-18(36)33-14(20(37)38)11(9-42-19(13)33)8-31-7-10(3-4-24)15(25)32(31)5-6-34/h7,13,19,25,34H,3-6,8-9,24H2,1-2H3,(H5,26,27,28,30,35,37,38,39,40)/b29-12-/t13-,19-/m1/s1. The minimum Gasteiger partial charge on any atom is -0.543 e. The van der Waals surface area contributed by atoms with Crippen LogP contribution in [0.1, 0.15) is 25.2 Å². The maximum absolute atomic E-state index is 13.2. The highest BCUT2D eigenvalue weighted by atomic mass is 32.2. The number of β-lactam (4-membered cyclic amide) rings is 1. The average Bonchev–Trinajstić information content (AvgIpc) is 3.50. The van der Waals surface area contributed by atoms with Gasteiger partial charge in [0.05, 0.1) is 23.8 Å². The van der Waals surface area contributed by atoms with Gasteiger partial charge in [-0.25, -0.2) is 4.79 Å². The number of nitrogens with one attached hydrogen (secondary N) is 1. The zero-order valence-corrected chi connectivity index (χ0v) is 24.7. The quantitative estimate of drug-likeness (QED) is 0.0527. The smallest absolute Gasteiger partial charge is 0.350 e. The normalized spacial score (nSPS) is 18.7. The number of nitrogen functional groups attached to an aromatic ring is 2. The number of carboxylic acid groups (broad SMARTS) is 2. The molecule has 0 aliphatic carbocycles. The summed E-state index contributed by atoms with van der Waals surface area (Å²) in [6, 6.07) is -1.17. The molecule has 0 radical (unpaired) electrons. The second-order valence-electron chi connectivity index (χ2n) is 9.93. The van der Waals surface area contributed by atoms with Gasteiger partial charge < -0.3 is 47.5 Å². The summed E-state index contributed by atoms with van der Waals surface area (Å²) >= 11 is 1.96. The second kappa shape index (κ2) is 12.5. The predicted molar refractivity (Wildman–Crippen MR) is 150 cm³/mol. The van der Waals surface area contributed by atoms with E-state index in [1.807, 2.05) is 0 Å². The molecule has 0 bridgehead atoms. The summed E-state index contributed by atoms with van der Waals surface area (Å²) in [6.45, 7) is 2.71. The van der Waals surface area contributed by atoms with E-state index in [4.69, 9.17) is 22.0 Å². The summed E-state index contributed by atoms with van der Waals surface area (Å²) in [4.78, 5) is 60.1. The fourth-order valence-electron chi connectivity index (χ4n) is 4.36. The summed E-state index contributed by atoms with van der Waals surface area (Å²) in [5.41, 5.74) is 15.9. The van der Waals surface area contributed by atoms with Crippen LogP contribution >= 0.6 is 23.3 Å². The Morgan fingerprint density at radius 2 is 2.07 bits per heavy atom. The molecule has 4 rings (SSSR count). The van der Waals surface area contributed by atoms with E-state index in [1.54, 1.807) is 15.6 Å². The van der Waals surface area contributed by atoms with E-state index in [9.17, 15) is 34.5 Å². The number of fused-ring (bicyclic) bond motifs is 1. The van der Waals surface area contributed by atoms with E-state index < -0.39 is 46.5 Å². The number of amides is 2. The van der Waals surface area contributed by atoms with Gasteiger partial charge in [-0.3, -0.25) is 14.5 Å². The number of aliphatic hydroxyl groups is 1. The zero-order valence-electron chi connectivity index (χ0n) is 23.1. The molecule has 1 saturated heterocycles. The second-order valence-corrected chi connectivity index (χ2v) is 11.8. The first-order chi connectivity index (χ1) is 20.3. The molecule has 0 saturated carbocycles. The van der Waals surface area contributed by atoms with Crippen LogP contribution in [0.3, 0.4) is 0 Å². The Balaban J connectivity index is 1.58. The fraction of sp³-hybridized carbons (Fsp3) is 0.478. The van der Waals surface area contributed by atoms with Gasteiger partial charge in [-0.1, -0.05) is 5.16 Å². The van der Waals surface area contributed by atoms with Crippen LogP contribution in [-0.2, 0) is 43.5 Å². The van der Waals surface area contributed by atoms with Gasteiger partial charge in [0.1, 0.15) is 18.0 Å². The van der Waals surface area contributed by atoms with Crippen LogP contribution in [0, 0.1) is 0 Å². The largest absolute Gasteiger partial charge is 0.543 e. The van der Waals surface area contributed by atoms with Crippen molar-refractivity contribution in [3.05, 3.63) is 28.9 Å². The Morgan fingerprint density at radius 1 is 1.35 bits per heavy atom. The van der Waals surface area contributed by atoms with Crippen LogP contribution in [0.4, 0.5) is 10.9 Å². The number of hydrogen-bond donors (Lipinski definition) is 6. The maximum atomic E-state index is 13.2. The van der Waals surface area contributed by atoms with Gasteiger partial charge in [-0.15, -0.1) is 21.1 Å². The van der Waals surface area contributed by atoms with Crippen LogP contribution < -0.4 is 32.3 Å². The maximum Gasteiger partial charge on any atom is 0.350 e. The van der Waals surface area contributed by atoms with Gasteiger partial charge in [-0.2, -0.15) is 9.36 Å². The highest BCUT2D eigenvalue weighted by molar-refractivity contribution is 8.00. The molecule has 43 heavy (non-hydrogen) atoms. The Kier molecular flexibility index (Phi) is 9.23. The molecule has 2 aromatic heterocycles. The summed E-state index contributed by atoms with van der Waals surface area (Å²) < 4.78 is 7.16. The molecule has 2 aromatic rings. The Labute approximate surface area is 252 Å². The van der Waals surface area contributed by atoms with Gasteiger partial charge in [0.25, 0.3) is 11.8 Å². The summed E-state index contributed by atoms with van der Waals surface area (Å²) in [5, 5.41) is 36.4. The molecule has 2 amide bonds. The molecule has 0 aromatic carbocycles. The molecule has 18 nitrogen and oxygen atoms in total. The van der Waals surface area contributed by atoms with Crippen LogP contribution in [0.2, 0.25) is 0 Å². The average molecular weight is 639 g/mol.